The van der Waals surface area contributed by atoms with Gasteiger partial charge >= 0.3 is 5.97 Å². The first-order valence-electron chi connectivity index (χ1n) is 10.4. The van der Waals surface area contributed by atoms with E-state index in [1.165, 1.54) is 17.7 Å². The van der Waals surface area contributed by atoms with Crippen molar-refractivity contribution in [1.82, 2.24) is 4.90 Å². The van der Waals surface area contributed by atoms with Crippen molar-refractivity contribution in [1.29, 1.82) is 0 Å². The average molecular weight is 401 g/mol. The van der Waals surface area contributed by atoms with E-state index in [0.717, 1.165) is 32.1 Å². The fraction of sp³-hybridized carbons (Fsp3) is 0.458. The van der Waals surface area contributed by atoms with E-state index in [2.05, 4.69) is 17.0 Å². The SMILES string of the molecule is CCOC(=O)C1(CCc2cc(F)cc(F)c2)CCN(CCc2ccccc2)CC1. The number of ether oxygens (including phenoxy) is 1. The molecule has 0 N–H and O–H groups in total. The molecule has 0 spiro atoms. The number of benzene rings is 2. The number of carbonyl (C=O) groups is 1. The van der Waals surface area contributed by atoms with Gasteiger partial charge in [0.2, 0.25) is 0 Å². The Morgan fingerprint density at radius 2 is 1.66 bits per heavy atom. The van der Waals surface area contributed by atoms with Gasteiger partial charge in [-0.05, 0) is 75.4 Å². The largest absolute Gasteiger partial charge is 0.466 e. The molecule has 1 aliphatic rings. The zero-order valence-corrected chi connectivity index (χ0v) is 17.0. The highest BCUT2D eigenvalue weighted by Gasteiger charge is 2.42. The summed E-state index contributed by atoms with van der Waals surface area (Å²) in [6.07, 6.45) is 3.39. The Balaban J connectivity index is 1.61. The van der Waals surface area contributed by atoms with Gasteiger partial charge in [0.15, 0.2) is 0 Å². The van der Waals surface area contributed by atoms with Crippen LogP contribution in [0, 0.1) is 17.0 Å². The van der Waals surface area contributed by atoms with Crippen LogP contribution in [0.3, 0.4) is 0 Å². The Labute approximate surface area is 171 Å². The Hall–Kier alpha value is -2.27. The number of hydrogen-bond acceptors (Lipinski definition) is 3. The van der Waals surface area contributed by atoms with Crippen LogP contribution in [0.2, 0.25) is 0 Å². The molecule has 2 aromatic carbocycles. The lowest BCUT2D eigenvalue weighted by Gasteiger charge is -2.40. The predicted octanol–water partition coefficient (Wildman–Crippen LogP) is 4.79. The summed E-state index contributed by atoms with van der Waals surface area (Å²) >= 11 is 0. The molecule has 5 heteroatoms. The third-order valence-corrected chi connectivity index (χ3v) is 5.90. The summed E-state index contributed by atoms with van der Waals surface area (Å²) in [6.45, 7) is 4.75. The van der Waals surface area contributed by atoms with Gasteiger partial charge in [0.05, 0.1) is 12.0 Å². The summed E-state index contributed by atoms with van der Waals surface area (Å²) in [5.41, 5.74) is 1.31. The molecule has 0 saturated carbocycles. The molecule has 156 valence electrons. The van der Waals surface area contributed by atoms with E-state index < -0.39 is 17.0 Å². The Morgan fingerprint density at radius 1 is 1.00 bits per heavy atom. The van der Waals surface area contributed by atoms with Crippen LogP contribution in [-0.4, -0.2) is 37.1 Å². The molecule has 0 amide bonds. The van der Waals surface area contributed by atoms with E-state index in [1.54, 1.807) is 0 Å². The summed E-state index contributed by atoms with van der Waals surface area (Å²) in [7, 11) is 0. The summed E-state index contributed by atoms with van der Waals surface area (Å²) < 4.78 is 32.4. The van der Waals surface area contributed by atoms with E-state index in [1.807, 2.05) is 25.1 Å². The van der Waals surface area contributed by atoms with Gasteiger partial charge < -0.3 is 9.64 Å². The molecule has 29 heavy (non-hydrogen) atoms. The maximum atomic E-state index is 13.5. The van der Waals surface area contributed by atoms with Crippen LogP contribution in [0.4, 0.5) is 8.78 Å². The second-order valence-corrected chi connectivity index (χ2v) is 7.86. The van der Waals surface area contributed by atoms with E-state index in [0.29, 0.717) is 37.9 Å². The van der Waals surface area contributed by atoms with Gasteiger partial charge in [-0.15, -0.1) is 0 Å². The minimum atomic E-state index is -0.582. The van der Waals surface area contributed by atoms with Crippen LogP contribution in [0.1, 0.15) is 37.3 Å². The zero-order valence-electron chi connectivity index (χ0n) is 17.0. The highest BCUT2D eigenvalue weighted by atomic mass is 19.1. The minimum absolute atomic E-state index is 0.181. The third kappa shape index (κ3) is 5.86. The molecule has 1 aliphatic heterocycles. The average Bonchev–Trinajstić information content (AvgIpc) is 2.72. The summed E-state index contributed by atoms with van der Waals surface area (Å²) in [6, 6.07) is 13.9. The molecular formula is C24H29F2NO2. The molecule has 3 rings (SSSR count). The van der Waals surface area contributed by atoms with Crippen molar-refractivity contribution in [3.05, 3.63) is 71.3 Å². The molecular weight excluding hydrogens is 372 g/mol. The zero-order chi connectivity index (χ0) is 20.7. The van der Waals surface area contributed by atoms with Crippen LogP contribution in [0.15, 0.2) is 48.5 Å². The number of aryl methyl sites for hydroxylation is 1. The van der Waals surface area contributed by atoms with E-state index in [-0.39, 0.29) is 5.97 Å². The van der Waals surface area contributed by atoms with Crippen molar-refractivity contribution >= 4 is 5.97 Å². The lowest BCUT2D eigenvalue weighted by molar-refractivity contribution is -0.159. The Bertz CT molecular complexity index is 782. The van der Waals surface area contributed by atoms with Crippen molar-refractivity contribution in [2.45, 2.75) is 39.0 Å². The monoisotopic (exact) mass is 401 g/mol. The number of nitrogens with zero attached hydrogens (tertiary/aromatic N) is 1. The highest BCUT2D eigenvalue weighted by molar-refractivity contribution is 5.77. The molecule has 0 aliphatic carbocycles. The lowest BCUT2D eigenvalue weighted by Crippen LogP contribution is -2.46. The fourth-order valence-corrected chi connectivity index (χ4v) is 4.12. The number of hydrogen-bond donors (Lipinski definition) is 0. The number of piperidine rings is 1. The van der Waals surface area contributed by atoms with Gasteiger partial charge in [-0.1, -0.05) is 30.3 Å². The van der Waals surface area contributed by atoms with Crippen LogP contribution in [0.25, 0.3) is 0 Å². The molecule has 0 aromatic heterocycles. The first kappa shape index (κ1) is 21.4. The van der Waals surface area contributed by atoms with Crippen LogP contribution in [-0.2, 0) is 22.4 Å². The molecule has 1 fully saturated rings. The minimum Gasteiger partial charge on any atom is -0.466 e. The van der Waals surface area contributed by atoms with Crippen LogP contribution < -0.4 is 0 Å². The van der Waals surface area contributed by atoms with Crippen molar-refractivity contribution in [3.8, 4) is 0 Å². The summed E-state index contributed by atoms with van der Waals surface area (Å²) in [4.78, 5) is 15.2. The Morgan fingerprint density at radius 3 is 2.28 bits per heavy atom. The smallest absolute Gasteiger partial charge is 0.312 e. The molecule has 3 nitrogen and oxygen atoms in total. The van der Waals surface area contributed by atoms with Crippen molar-refractivity contribution in [3.63, 3.8) is 0 Å². The molecule has 0 unspecified atom stereocenters. The number of esters is 1. The van der Waals surface area contributed by atoms with Gasteiger partial charge in [0.25, 0.3) is 0 Å². The number of likely N-dealkylation sites (tertiary alicyclic amines) is 1. The topological polar surface area (TPSA) is 29.5 Å². The van der Waals surface area contributed by atoms with Crippen molar-refractivity contribution in [2.24, 2.45) is 5.41 Å². The standard InChI is InChI=1S/C24H29F2NO2/c1-2-29-23(28)24(10-8-20-16-21(25)18-22(26)17-20)11-14-27(15-12-24)13-9-19-6-4-3-5-7-19/h3-7,16-18H,2,8-15H2,1H3. The van der Waals surface area contributed by atoms with E-state index in [4.69, 9.17) is 4.74 Å². The van der Waals surface area contributed by atoms with E-state index in [9.17, 15) is 13.6 Å². The maximum Gasteiger partial charge on any atom is 0.312 e. The molecule has 1 saturated heterocycles. The van der Waals surface area contributed by atoms with Gasteiger partial charge in [0.1, 0.15) is 11.6 Å². The highest BCUT2D eigenvalue weighted by Crippen LogP contribution is 2.38. The quantitative estimate of drug-likeness (QED) is 0.596. The number of halogens is 2. The lowest BCUT2D eigenvalue weighted by atomic mass is 9.74. The Kier molecular flexibility index (Phi) is 7.37. The van der Waals surface area contributed by atoms with Gasteiger partial charge in [-0.3, -0.25) is 4.79 Å². The van der Waals surface area contributed by atoms with Crippen LogP contribution >= 0.6 is 0 Å². The summed E-state index contributed by atoms with van der Waals surface area (Å²) in [5.74, 6) is -1.35. The fourth-order valence-electron chi connectivity index (χ4n) is 4.12. The first-order chi connectivity index (χ1) is 14.0. The van der Waals surface area contributed by atoms with Gasteiger partial charge in [-0.25, -0.2) is 8.78 Å². The summed E-state index contributed by atoms with van der Waals surface area (Å²) in [5, 5.41) is 0. The van der Waals surface area contributed by atoms with Crippen molar-refractivity contribution in [2.75, 3.05) is 26.2 Å². The van der Waals surface area contributed by atoms with Crippen LogP contribution in [0.5, 0.6) is 0 Å². The second-order valence-electron chi connectivity index (χ2n) is 7.86. The van der Waals surface area contributed by atoms with Gasteiger partial charge in [0, 0.05) is 12.6 Å². The molecule has 1 heterocycles. The molecule has 2 aromatic rings. The number of carbonyl (C=O) groups excluding carboxylic acids is 1. The van der Waals surface area contributed by atoms with E-state index >= 15 is 0 Å². The van der Waals surface area contributed by atoms with Gasteiger partial charge in [-0.2, -0.15) is 0 Å². The number of rotatable bonds is 8. The third-order valence-electron chi connectivity index (χ3n) is 5.90. The molecule has 0 radical (unpaired) electrons. The first-order valence-corrected chi connectivity index (χ1v) is 10.4. The normalized spacial score (nSPS) is 16.5. The van der Waals surface area contributed by atoms with Crippen molar-refractivity contribution < 1.29 is 18.3 Å². The molecule has 0 atom stereocenters. The maximum absolute atomic E-state index is 13.5. The molecule has 0 bridgehead atoms. The predicted molar refractivity (Wildman–Crippen MR) is 110 cm³/mol. The second kappa shape index (κ2) is 9.97.